The molecule has 1 aromatic carbocycles. The summed E-state index contributed by atoms with van der Waals surface area (Å²) in [6, 6.07) is 4.77. The highest BCUT2D eigenvalue weighted by Gasteiger charge is 2.18. The molecule has 1 fully saturated rings. The molecule has 98 valence electrons. The molecule has 0 unspecified atom stereocenters. The van der Waals surface area contributed by atoms with Crippen molar-refractivity contribution in [1.29, 1.82) is 0 Å². The molecule has 1 saturated heterocycles. The van der Waals surface area contributed by atoms with Crippen LogP contribution in [-0.4, -0.2) is 37.4 Å². The summed E-state index contributed by atoms with van der Waals surface area (Å²) in [5, 5.41) is 8.93. The van der Waals surface area contributed by atoms with Crippen LogP contribution in [0.2, 0.25) is 0 Å². The highest BCUT2D eigenvalue weighted by atomic mass is 16.5. The second-order valence-corrected chi connectivity index (χ2v) is 4.46. The number of carboxylic acids is 1. The van der Waals surface area contributed by atoms with Crippen molar-refractivity contribution in [2.45, 2.75) is 13.0 Å². The Labute approximate surface area is 106 Å². The van der Waals surface area contributed by atoms with Gasteiger partial charge >= 0.3 is 5.97 Å². The number of carboxylic acid groups (broad SMARTS) is 1. The number of ether oxygens (including phenoxy) is 1. The Morgan fingerprint density at radius 1 is 1.44 bits per heavy atom. The molecule has 5 nitrogen and oxygen atoms in total. The van der Waals surface area contributed by atoms with Gasteiger partial charge in [-0.2, -0.15) is 0 Å². The molecule has 0 bridgehead atoms. The van der Waals surface area contributed by atoms with Gasteiger partial charge in [-0.15, -0.1) is 0 Å². The fraction of sp³-hybridized carbons (Fsp3) is 0.462. The van der Waals surface area contributed by atoms with E-state index in [9.17, 15) is 4.79 Å². The van der Waals surface area contributed by atoms with E-state index in [1.807, 2.05) is 19.1 Å². The molecule has 0 saturated carbocycles. The van der Waals surface area contributed by atoms with Gasteiger partial charge in [-0.1, -0.05) is 6.07 Å². The molecule has 1 aliphatic rings. The number of hydrogen-bond donors (Lipinski definition) is 2. The van der Waals surface area contributed by atoms with Gasteiger partial charge in [0.05, 0.1) is 13.2 Å². The molecule has 5 heteroatoms. The van der Waals surface area contributed by atoms with E-state index < -0.39 is 12.0 Å². The summed E-state index contributed by atoms with van der Waals surface area (Å²) in [5.74, 6) is -1.00. The van der Waals surface area contributed by atoms with Crippen LogP contribution in [0, 0.1) is 6.92 Å². The van der Waals surface area contributed by atoms with Crippen molar-refractivity contribution >= 4 is 11.7 Å². The maximum atomic E-state index is 10.9. The molecule has 1 aromatic rings. The van der Waals surface area contributed by atoms with Gasteiger partial charge in [-0.25, -0.2) is 0 Å². The van der Waals surface area contributed by atoms with Gasteiger partial charge in [0, 0.05) is 18.8 Å². The molecule has 0 radical (unpaired) electrons. The quantitative estimate of drug-likeness (QED) is 0.834. The van der Waals surface area contributed by atoms with Crippen molar-refractivity contribution in [1.82, 2.24) is 0 Å². The summed E-state index contributed by atoms with van der Waals surface area (Å²) in [4.78, 5) is 13.1. The summed E-state index contributed by atoms with van der Waals surface area (Å²) >= 11 is 0. The van der Waals surface area contributed by atoms with E-state index >= 15 is 0 Å². The van der Waals surface area contributed by atoms with Crippen molar-refractivity contribution in [3.05, 3.63) is 29.3 Å². The van der Waals surface area contributed by atoms with Gasteiger partial charge in [-0.05, 0) is 30.2 Å². The Morgan fingerprint density at radius 2 is 2.11 bits per heavy atom. The van der Waals surface area contributed by atoms with Crippen LogP contribution >= 0.6 is 0 Å². The van der Waals surface area contributed by atoms with Crippen molar-refractivity contribution in [3.8, 4) is 0 Å². The molecule has 1 atom stereocenters. The summed E-state index contributed by atoms with van der Waals surface area (Å²) in [5.41, 5.74) is 8.31. The Balaban J connectivity index is 2.21. The minimum absolute atomic E-state index is 0.666. The van der Waals surface area contributed by atoms with Gasteiger partial charge in [0.1, 0.15) is 6.04 Å². The largest absolute Gasteiger partial charge is 0.480 e. The van der Waals surface area contributed by atoms with Gasteiger partial charge in [0.15, 0.2) is 0 Å². The standard InChI is InChI=1S/C13H18N2O3/c1-9-8-10(15-4-6-18-7-5-15)2-3-11(9)12(14)13(16)17/h2-3,8,12H,4-7,14H2,1H3,(H,16,17)/t12-/m0/s1. The number of hydrogen-bond acceptors (Lipinski definition) is 4. The summed E-state index contributed by atoms with van der Waals surface area (Å²) in [6.07, 6.45) is 0. The van der Waals surface area contributed by atoms with E-state index in [4.69, 9.17) is 15.6 Å². The molecule has 2 rings (SSSR count). The predicted molar refractivity (Wildman–Crippen MR) is 68.8 cm³/mol. The number of nitrogens with two attached hydrogens (primary N) is 1. The summed E-state index contributed by atoms with van der Waals surface area (Å²) in [6.45, 7) is 5.08. The second-order valence-electron chi connectivity index (χ2n) is 4.46. The molecule has 0 amide bonds. The maximum Gasteiger partial charge on any atom is 0.325 e. The number of morpholine rings is 1. The van der Waals surface area contributed by atoms with E-state index in [2.05, 4.69) is 4.90 Å². The average Bonchev–Trinajstić information content (AvgIpc) is 2.38. The molecule has 0 aromatic heterocycles. The van der Waals surface area contributed by atoms with Gasteiger partial charge in [-0.3, -0.25) is 4.79 Å². The number of anilines is 1. The number of benzene rings is 1. The zero-order chi connectivity index (χ0) is 13.1. The maximum absolute atomic E-state index is 10.9. The van der Waals surface area contributed by atoms with E-state index in [1.54, 1.807) is 6.07 Å². The van der Waals surface area contributed by atoms with Crippen molar-refractivity contribution in [3.63, 3.8) is 0 Å². The fourth-order valence-electron chi connectivity index (χ4n) is 2.16. The molecule has 18 heavy (non-hydrogen) atoms. The Hall–Kier alpha value is -1.59. The third-order valence-corrected chi connectivity index (χ3v) is 3.23. The number of rotatable bonds is 3. The lowest BCUT2D eigenvalue weighted by atomic mass is 10.0. The lowest BCUT2D eigenvalue weighted by Gasteiger charge is -2.29. The van der Waals surface area contributed by atoms with Crippen LogP contribution in [0.15, 0.2) is 18.2 Å². The minimum atomic E-state index is -1.00. The number of carbonyl (C=O) groups is 1. The lowest BCUT2D eigenvalue weighted by Crippen LogP contribution is -2.36. The van der Waals surface area contributed by atoms with Crippen LogP contribution in [-0.2, 0) is 9.53 Å². The van der Waals surface area contributed by atoms with Crippen molar-refractivity contribution in [2.24, 2.45) is 5.73 Å². The van der Waals surface area contributed by atoms with E-state index in [0.29, 0.717) is 5.56 Å². The van der Waals surface area contributed by atoms with Crippen LogP contribution in [0.1, 0.15) is 17.2 Å². The molecule has 1 aliphatic heterocycles. The Kier molecular flexibility index (Phi) is 3.84. The van der Waals surface area contributed by atoms with E-state index in [-0.39, 0.29) is 0 Å². The Bertz CT molecular complexity index is 442. The highest BCUT2D eigenvalue weighted by molar-refractivity contribution is 5.76. The zero-order valence-electron chi connectivity index (χ0n) is 10.4. The first-order valence-electron chi connectivity index (χ1n) is 6.01. The highest BCUT2D eigenvalue weighted by Crippen LogP contribution is 2.23. The fourth-order valence-corrected chi connectivity index (χ4v) is 2.16. The Morgan fingerprint density at radius 3 is 2.67 bits per heavy atom. The predicted octanol–water partition coefficient (Wildman–Crippen LogP) is 0.916. The topological polar surface area (TPSA) is 75.8 Å². The van der Waals surface area contributed by atoms with Gasteiger partial charge < -0.3 is 20.5 Å². The zero-order valence-corrected chi connectivity index (χ0v) is 10.4. The lowest BCUT2D eigenvalue weighted by molar-refractivity contribution is -0.138. The average molecular weight is 250 g/mol. The number of aryl methyl sites for hydroxylation is 1. The first-order chi connectivity index (χ1) is 8.59. The molecule has 1 heterocycles. The monoisotopic (exact) mass is 250 g/mol. The molecule has 3 N–H and O–H groups in total. The molecule has 0 aliphatic carbocycles. The summed E-state index contributed by atoms with van der Waals surface area (Å²) in [7, 11) is 0. The van der Waals surface area contributed by atoms with Crippen LogP contribution < -0.4 is 10.6 Å². The van der Waals surface area contributed by atoms with Crippen molar-refractivity contribution < 1.29 is 14.6 Å². The number of nitrogens with zero attached hydrogens (tertiary/aromatic N) is 1. The normalized spacial score (nSPS) is 17.6. The van der Waals surface area contributed by atoms with E-state index in [1.165, 1.54) is 0 Å². The number of aliphatic carboxylic acids is 1. The van der Waals surface area contributed by atoms with E-state index in [0.717, 1.165) is 37.6 Å². The van der Waals surface area contributed by atoms with Gasteiger partial charge in [0.2, 0.25) is 0 Å². The molecular formula is C13H18N2O3. The van der Waals surface area contributed by atoms with Crippen LogP contribution in [0.4, 0.5) is 5.69 Å². The minimum Gasteiger partial charge on any atom is -0.480 e. The third-order valence-electron chi connectivity index (χ3n) is 3.23. The molecular weight excluding hydrogens is 232 g/mol. The molecule has 0 spiro atoms. The van der Waals surface area contributed by atoms with Gasteiger partial charge in [0.25, 0.3) is 0 Å². The first-order valence-corrected chi connectivity index (χ1v) is 6.01. The van der Waals surface area contributed by atoms with Crippen molar-refractivity contribution in [2.75, 3.05) is 31.2 Å². The SMILES string of the molecule is Cc1cc(N2CCOCC2)ccc1[C@H](N)C(=O)O. The van der Waals surface area contributed by atoms with Crippen LogP contribution in [0.25, 0.3) is 0 Å². The first kappa shape index (κ1) is 12.9. The third kappa shape index (κ3) is 2.63. The smallest absolute Gasteiger partial charge is 0.325 e. The summed E-state index contributed by atoms with van der Waals surface area (Å²) < 4.78 is 5.31. The second kappa shape index (κ2) is 5.37. The van der Waals surface area contributed by atoms with Crippen LogP contribution in [0.3, 0.4) is 0 Å². The van der Waals surface area contributed by atoms with Crippen LogP contribution in [0.5, 0.6) is 0 Å².